The topological polar surface area (TPSA) is 72.4 Å². The van der Waals surface area contributed by atoms with Crippen LogP contribution in [0.3, 0.4) is 0 Å². The first kappa shape index (κ1) is 21.5. The van der Waals surface area contributed by atoms with Crippen LogP contribution in [0.4, 0.5) is 0 Å². The van der Waals surface area contributed by atoms with E-state index in [1.165, 1.54) is 11.8 Å². The van der Waals surface area contributed by atoms with E-state index in [2.05, 4.69) is 15.5 Å². The number of carbonyl (C=O) groups excluding carboxylic acids is 1. The van der Waals surface area contributed by atoms with E-state index in [1.807, 2.05) is 60.9 Å². The van der Waals surface area contributed by atoms with E-state index in [0.717, 1.165) is 28.2 Å². The van der Waals surface area contributed by atoms with Gasteiger partial charge in [-0.25, -0.2) is 10.4 Å². The van der Waals surface area contributed by atoms with Crippen molar-refractivity contribution in [1.29, 1.82) is 0 Å². The SMILES string of the molecule is Cc1cc(/C=N\NC(=O)CSc2nc3ccccc3o2)c(C)n1-c1cc(Cl)cc(Cl)c1. The van der Waals surface area contributed by atoms with Crippen molar-refractivity contribution in [1.82, 2.24) is 15.0 Å². The summed E-state index contributed by atoms with van der Waals surface area (Å²) in [4.78, 5) is 16.5. The highest BCUT2D eigenvalue weighted by molar-refractivity contribution is 7.99. The van der Waals surface area contributed by atoms with Crippen molar-refractivity contribution in [3.8, 4) is 5.69 Å². The number of oxazole rings is 1. The Morgan fingerprint density at radius 3 is 2.68 bits per heavy atom. The van der Waals surface area contributed by atoms with Crippen LogP contribution in [0.5, 0.6) is 0 Å². The predicted molar refractivity (Wildman–Crippen MR) is 126 cm³/mol. The fraction of sp³-hybridized carbons (Fsp3) is 0.136. The first-order chi connectivity index (χ1) is 14.9. The standard InChI is InChI=1S/C22H18Cl2N4O2S/c1-13-7-15(14(2)28(13)18-9-16(23)8-17(24)10-18)11-25-27-21(29)12-31-22-26-19-5-3-4-6-20(19)30-22/h3-11H,12H2,1-2H3,(H,27,29)/b25-11-. The molecule has 0 bridgehead atoms. The number of rotatable bonds is 6. The fourth-order valence-corrected chi connectivity index (χ4v) is 4.38. The molecule has 9 heteroatoms. The lowest BCUT2D eigenvalue weighted by Gasteiger charge is -2.10. The van der Waals surface area contributed by atoms with E-state index in [9.17, 15) is 4.79 Å². The summed E-state index contributed by atoms with van der Waals surface area (Å²) in [5.41, 5.74) is 7.69. The van der Waals surface area contributed by atoms with Crippen molar-refractivity contribution in [2.24, 2.45) is 5.10 Å². The highest BCUT2D eigenvalue weighted by atomic mass is 35.5. The summed E-state index contributed by atoms with van der Waals surface area (Å²) in [5, 5.41) is 5.66. The second kappa shape index (κ2) is 9.18. The van der Waals surface area contributed by atoms with Crippen molar-refractivity contribution in [2.45, 2.75) is 19.1 Å². The van der Waals surface area contributed by atoms with Gasteiger partial charge in [0.1, 0.15) is 5.52 Å². The summed E-state index contributed by atoms with van der Waals surface area (Å²) in [6, 6.07) is 14.8. The zero-order valence-electron chi connectivity index (χ0n) is 16.7. The third-order valence-electron chi connectivity index (χ3n) is 4.57. The highest BCUT2D eigenvalue weighted by Crippen LogP contribution is 2.26. The van der Waals surface area contributed by atoms with E-state index >= 15 is 0 Å². The molecule has 158 valence electrons. The van der Waals surface area contributed by atoms with Gasteiger partial charge in [0, 0.05) is 32.7 Å². The van der Waals surface area contributed by atoms with Crippen molar-refractivity contribution in [3.05, 3.63) is 75.5 Å². The Kier molecular flexibility index (Phi) is 6.36. The van der Waals surface area contributed by atoms with Crippen LogP contribution in [0.2, 0.25) is 10.0 Å². The Morgan fingerprint density at radius 2 is 1.94 bits per heavy atom. The van der Waals surface area contributed by atoms with Crippen LogP contribution in [0, 0.1) is 13.8 Å². The molecule has 2 aromatic carbocycles. The maximum atomic E-state index is 12.1. The smallest absolute Gasteiger partial charge is 0.257 e. The molecule has 0 fully saturated rings. The van der Waals surface area contributed by atoms with Gasteiger partial charge in [-0.15, -0.1) is 0 Å². The number of hydrazone groups is 1. The van der Waals surface area contributed by atoms with Crippen LogP contribution < -0.4 is 5.43 Å². The lowest BCUT2D eigenvalue weighted by atomic mass is 10.2. The van der Waals surface area contributed by atoms with Gasteiger partial charge < -0.3 is 8.98 Å². The number of aromatic nitrogens is 2. The summed E-state index contributed by atoms with van der Waals surface area (Å²) in [6.45, 7) is 3.95. The van der Waals surface area contributed by atoms with Crippen LogP contribution in [0.15, 0.2) is 63.3 Å². The van der Waals surface area contributed by atoms with Crippen LogP contribution in [-0.2, 0) is 4.79 Å². The number of hydrogen-bond donors (Lipinski definition) is 1. The molecular formula is C22H18Cl2N4O2S. The summed E-state index contributed by atoms with van der Waals surface area (Å²) < 4.78 is 7.63. The van der Waals surface area contributed by atoms with E-state index in [1.54, 1.807) is 12.3 Å². The molecule has 0 unspecified atom stereocenters. The average molecular weight is 473 g/mol. The molecule has 0 aliphatic rings. The molecule has 2 aromatic heterocycles. The van der Waals surface area contributed by atoms with E-state index in [-0.39, 0.29) is 11.7 Å². The molecule has 0 aliphatic carbocycles. The van der Waals surface area contributed by atoms with E-state index < -0.39 is 0 Å². The summed E-state index contributed by atoms with van der Waals surface area (Å²) >= 11 is 13.5. The number of fused-ring (bicyclic) bond motifs is 1. The minimum Gasteiger partial charge on any atom is -0.431 e. The second-order valence-electron chi connectivity index (χ2n) is 6.82. The Labute approximate surface area is 193 Å². The van der Waals surface area contributed by atoms with Gasteiger partial charge in [-0.05, 0) is 50.2 Å². The number of carbonyl (C=O) groups is 1. The number of benzene rings is 2. The number of aryl methyl sites for hydroxylation is 1. The third-order valence-corrected chi connectivity index (χ3v) is 5.83. The van der Waals surface area contributed by atoms with Gasteiger partial charge in [-0.1, -0.05) is 47.1 Å². The van der Waals surface area contributed by atoms with Gasteiger partial charge in [0.15, 0.2) is 5.58 Å². The van der Waals surface area contributed by atoms with Crippen LogP contribution in [0.25, 0.3) is 16.8 Å². The molecule has 0 radical (unpaired) electrons. The molecule has 0 aliphatic heterocycles. The first-order valence-electron chi connectivity index (χ1n) is 9.36. The van der Waals surface area contributed by atoms with E-state index in [4.69, 9.17) is 27.6 Å². The molecular weight excluding hydrogens is 455 g/mol. The lowest BCUT2D eigenvalue weighted by molar-refractivity contribution is -0.118. The molecule has 0 saturated carbocycles. The number of nitrogens with zero attached hydrogens (tertiary/aromatic N) is 3. The number of para-hydroxylation sites is 2. The number of halogens is 2. The number of nitrogens with one attached hydrogen (secondary N) is 1. The zero-order valence-corrected chi connectivity index (χ0v) is 19.1. The fourth-order valence-electron chi connectivity index (χ4n) is 3.23. The van der Waals surface area contributed by atoms with Gasteiger partial charge in [-0.2, -0.15) is 5.10 Å². The number of thioether (sulfide) groups is 1. The zero-order chi connectivity index (χ0) is 22.0. The molecule has 2 heterocycles. The quantitative estimate of drug-likeness (QED) is 0.219. The van der Waals surface area contributed by atoms with Gasteiger partial charge in [-0.3, -0.25) is 4.79 Å². The molecule has 1 amide bonds. The third kappa shape index (κ3) is 4.95. The average Bonchev–Trinajstić information content (AvgIpc) is 3.25. The van der Waals surface area contributed by atoms with Crippen molar-refractivity contribution in [3.63, 3.8) is 0 Å². The monoisotopic (exact) mass is 472 g/mol. The molecule has 0 spiro atoms. The molecule has 4 aromatic rings. The van der Waals surface area contributed by atoms with Gasteiger partial charge >= 0.3 is 0 Å². The molecule has 31 heavy (non-hydrogen) atoms. The summed E-state index contributed by atoms with van der Waals surface area (Å²) in [6.07, 6.45) is 1.62. The van der Waals surface area contributed by atoms with Crippen molar-refractivity contribution in [2.75, 3.05) is 5.75 Å². The largest absolute Gasteiger partial charge is 0.431 e. The number of hydrogen-bond acceptors (Lipinski definition) is 5. The Bertz CT molecular complexity index is 1240. The molecule has 0 atom stereocenters. The predicted octanol–water partition coefficient (Wildman–Crippen LogP) is 5.78. The minimum absolute atomic E-state index is 0.143. The number of amides is 1. The maximum Gasteiger partial charge on any atom is 0.257 e. The van der Waals surface area contributed by atoms with Crippen LogP contribution in [0.1, 0.15) is 17.0 Å². The summed E-state index contributed by atoms with van der Waals surface area (Å²) in [5.74, 6) is -0.108. The lowest BCUT2D eigenvalue weighted by Crippen LogP contribution is -2.19. The van der Waals surface area contributed by atoms with Gasteiger partial charge in [0.2, 0.25) is 0 Å². The normalized spacial score (nSPS) is 11.5. The van der Waals surface area contributed by atoms with Crippen LogP contribution >= 0.6 is 35.0 Å². The first-order valence-corrected chi connectivity index (χ1v) is 11.1. The summed E-state index contributed by atoms with van der Waals surface area (Å²) in [7, 11) is 0. The van der Waals surface area contributed by atoms with E-state index in [0.29, 0.717) is 20.9 Å². The molecule has 0 saturated heterocycles. The Morgan fingerprint density at radius 1 is 1.19 bits per heavy atom. The highest BCUT2D eigenvalue weighted by Gasteiger charge is 2.12. The minimum atomic E-state index is -0.251. The van der Waals surface area contributed by atoms with Crippen molar-refractivity contribution >= 4 is 58.2 Å². The Balaban J connectivity index is 1.40. The molecule has 6 nitrogen and oxygen atoms in total. The van der Waals surface area contributed by atoms with Gasteiger partial charge in [0.25, 0.3) is 11.1 Å². The molecule has 4 rings (SSSR count). The second-order valence-corrected chi connectivity index (χ2v) is 8.62. The van der Waals surface area contributed by atoms with Crippen LogP contribution in [-0.4, -0.2) is 27.4 Å². The Hall–Kier alpha value is -2.74. The molecule has 1 N–H and O–H groups in total. The van der Waals surface area contributed by atoms with Crippen molar-refractivity contribution < 1.29 is 9.21 Å². The van der Waals surface area contributed by atoms with Gasteiger partial charge in [0.05, 0.1) is 12.0 Å². The maximum absolute atomic E-state index is 12.1.